The summed E-state index contributed by atoms with van der Waals surface area (Å²) in [7, 11) is 0. The summed E-state index contributed by atoms with van der Waals surface area (Å²) in [6.45, 7) is 0.284. The lowest BCUT2D eigenvalue weighted by atomic mass is 10.1. The van der Waals surface area contributed by atoms with Crippen LogP contribution in [0.15, 0.2) is 86.1 Å². The van der Waals surface area contributed by atoms with Crippen LogP contribution < -0.4 is 10.6 Å². The zero-order valence-corrected chi connectivity index (χ0v) is 19.3. The summed E-state index contributed by atoms with van der Waals surface area (Å²) < 4.78 is 12.3. The van der Waals surface area contributed by atoms with Gasteiger partial charge in [0.1, 0.15) is 17.3 Å². The number of hydrogen-bond acceptors (Lipinski definition) is 6. The van der Waals surface area contributed by atoms with E-state index in [4.69, 9.17) is 21.1 Å². The number of hydrogen-bond donors (Lipinski definition) is 2. The van der Waals surface area contributed by atoms with Gasteiger partial charge < -0.3 is 14.2 Å². The standard InChI is InChI=1S/C23H16BrN3O5S/c24-16-6-4-14(5-7-16)19-9-8-18(31-19)13-25-23(33)26-22(28)21-11-10-20(32-21)15-2-1-3-17(12-15)27(29)30/h1-12H,13H2,(H2,25,26,28,33). The Morgan fingerprint density at radius 1 is 0.970 bits per heavy atom. The molecule has 2 N–H and O–H groups in total. The van der Waals surface area contributed by atoms with Gasteiger partial charge in [0.05, 0.1) is 11.5 Å². The van der Waals surface area contributed by atoms with E-state index in [1.165, 1.54) is 18.2 Å². The molecule has 10 heteroatoms. The molecule has 0 atom stereocenters. The van der Waals surface area contributed by atoms with E-state index in [2.05, 4.69) is 26.6 Å². The molecule has 0 radical (unpaired) electrons. The first kappa shape index (κ1) is 22.4. The Balaban J connectivity index is 1.33. The number of carbonyl (C=O) groups is 1. The van der Waals surface area contributed by atoms with Gasteiger partial charge in [0.2, 0.25) is 0 Å². The lowest BCUT2D eigenvalue weighted by molar-refractivity contribution is -0.384. The molecule has 0 unspecified atom stereocenters. The second-order valence-corrected chi connectivity index (χ2v) is 8.20. The summed E-state index contributed by atoms with van der Waals surface area (Å²) in [4.78, 5) is 22.9. The van der Waals surface area contributed by atoms with Crippen molar-refractivity contribution in [1.82, 2.24) is 10.6 Å². The van der Waals surface area contributed by atoms with Crippen LogP contribution in [-0.2, 0) is 6.54 Å². The summed E-state index contributed by atoms with van der Waals surface area (Å²) in [5.41, 5.74) is 1.36. The number of carbonyl (C=O) groups excluding carboxylic acids is 1. The Kier molecular flexibility index (Phi) is 6.66. The Morgan fingerprint density at radius 3 is 2.45 bits per heavy atom. The van der Waals surface area contributed by atoms with Crippen molar-refractivity contribution in [2.45, 2.75) is 6.54 Å². The predicted molar refractivity (Wildman–Crippen MR) is 130 cm³/mol. The molecule has 2 aromatic carbocycles. The number of benzene rings is 2. The quantitative estimate of drug-likeness (QED) is 0.189. The van der Waals surface area contributed by atoms with Crippen molar-refractivity contribution >= 4 is 44.9 Å². The van der Waals surface area contributed by atoms with Crippen molar-refractivity contribution in [2.24, 2.45) is 0 Å². The molecule has 0 saturated heterocycles. The Hall–Kier alpha value is -3.76. The minimum atomic E-state index is -0.542. The van der Waals surface area contributed by atoms with Gasteiger partial charge in [-0.3, -0.25) is 20.2 Å². The molecule has 4 aromatic rings. The first-order chi connectivity index (χ1) is 15.9. The van der Waals surface area contributed by atoms with E-state index in [0.717, 1.165) is 15.8 Å². The maximum Gasteiger partial charge on any atom is 0.293 e. The van der Waals surface area contributed by atoms with Crippen LogP contribution in [0.2, 0.25) is 0 Å². The zero-order chi connectivity index (χ0) is 23.4. The summed E-state index contributed by atoms with van der Waals surface area (Å²) in [5, 5.41) is 16.5. The molecule has 1 amide bonds. The van der Waals surface area contributed by atoms with Gasteiger partial charge in [0.15, 0.2) is 10.9 Å². The Bertz CT molecular complexity index is 1330. The number of non-ortho nitro benzene ring substituents is 1. The number of nitrogens with one attached hydrogen (secondary N) is 2. The van der Waals surface area contributed by atoms with Crippen LogP contribution >= 0.6 is 28.1 Å². The highest BCUT2D eigenvalue weighted by Crippen LogP contribution is 2.26. The highest BCUT2D eigenvalue weighted by molar-refractivity contribution is 9.10. The number of furan rings is 2. The molecule has 0 aliphatic heterocycles. The largest absolute Gasteiger partial charge is 0.459 e. The van der Waals surface area contributed by atoms with Crippen molar-refractivity contribution in [2.75, 3.05) is 0 Å². The summed E-state index contributed by atoms with van der Waals surface area (Å²) in [6, 6.07) is 20.4. The van der Waals surface area contributed by atoms with Gasteiger partial charge in [-0.25, -0.2) is 0 Å². The molecule has 166 valence electrons. The van der Waals surface area contributed by atoms with Gasteiger partial charge in [0.25, 0.3) is 11.6 Å². The third kappa shape index (κ3) is 5.54. The third-order valence-corrected chi connectivity index (χ3v) is 5.39. The number of halogens is 1. The SMILES string of the molecule is O=C(NC(=S)NCc1ccc(-c2ccc(Br)cc2)o1)c1ccc(-c2cccc([N+](=O)[O-])c2)o1. The van der Waals surface area contributed by atoms with Gasteiger partial charge in [-0.2, -0.15) is 0 Å². The van der Waals surface area contributed by atoms with Crippen LogP contribution in [0.3, 0.4) is 0 Å². The minimum absolute atomic E-state index is 0.0242. The van der Waals surface area contributed by atoms with Crippen LogP contribution in [0.1, 0.15) is 16.3 Å². The second kappa shape index (κ2) is 9.80. The van der Waals surface area contributed by atoms with Gasteiger partial charge in [-0.1, -0.05) is 40.2 Å². The van der Waals surface area contributed by atoms with Gasteiger partial charge >= 0.3 is 0 Å². The molecule has 0 fully saturated rings. The van der Waals surface area contributed by atoms with Crippen LogP contribution in [0.5, 0.6) is 0 Å². The molecule has 0 aliphatic rings. The van der Waals surface area contributed by atoms with E-state index < -0.39 is 10.8 Å². The fourth-order valence-corrected chi connectivity index (χ4v) is 3.44. The van der Waals surface area contributed by atoms with E-state index in [-0.39, 0.29) is 23.1 Å². The van der Waals surface area contributed by atoms with Crippen molar-refractivity contribution in [3.05, 3.63) is 98.9 Å². The molecule has 8 nitrogen and oxygen atoms in total. The van der Waals surface area contributed by atoms with E-state index in [1.54, 1.807) is 18.2 Å². The molecule has 4 rings (SSSR count). The molecule has 0 aliphatic carbocycles. The van der Waals surface area contributed by atoms with Gasteiger partial charge in [-0.15, -0.1) is 0 Å². The van der Waals surface area contributed by atoms with Crippen molar-refractivity contribution in [1.29, 1.82) is 0 Å². The molecule has 33 heavy (non-hydrogen) atoms. The molecule has 2 aromatic heterocycles. The first-order valence-corrected chi connectivity index (χ1v) is 10.9. The van der Waals surface area contributed by atoms with Crippen LogP contribution in [-0.4, -0.2) is 15.9 Å². The summed E-state index contributed by atoms with van der Waals surface area (Å²) >= 11 is 8.58. The van der Waals surface area contributed by atoms with E-state index in [1.807, 2.05) is 36.4 Å². The fourth-order valence-electron chi connectivity index (χ4n) is 3.01. The van der Waals surface area contributed by atoms with Crippen molar-refractivity contribution < 1.29 is 18.6 Å². The predicted octanol–water partition coefficient (Wildman–Crippen LogP) is 5.68. The first-order valence-electron chi connectivity index (χ1n) is 9.67. The Morgan fingerprint density at radius 2 is 1.70 bits per heavy atom. The number of amides is 1. The van der Waals surface area contributed by atoms with Crippen LogP contribution in [0.25, 0.3) is 22.6 Å². The fraction of sp³-hybridized carbons (Fsp3) is 0.0435. The lowest BCUT2D eigenvalue weighted by Crippen LogP contribution is -2.38. The maximum absolute atomic E-state index is 12.4. The smallest absolute Gasteiger partial charge is 0.293 e. The monoisotopic (exact) mass is 525 g/mol. The zero-order valence-electron chi connectivity index (χ0n) is 16.9. The number of nitro groups is 1. The highest BCUT2D eigenvalue weighted by atomic mass is 79.9. The lowest BCUT2D eigenvalue weighted by Gasteiger charge is -2.07. The molecule has 0 saturated carbocycles. The van der Waals surface area contributed by atoms with Crippen molar-refractivity contribution in [3.63, 3.8) is 0 Å². The van der Waals surface area contributed by atoms with Gasteiger partial charge in [0, 0.05) is 27.7 Å². The molecule has 0 spiro atoms. The van der Waals surface area contributed by atoms with E-state index in [9.17, 15) is 14.9 Å². The summed E-state index contributed by atoms with van der Waals surface area (Å²) in [6.07, 6.45) is 0. The number of rotatable bonds is 6. The number of nitrogens with zero attached hydrogens (tertiary/aromatic N) is 1. The number of thiocarbonyl (C=S) groups is 1. The topological polar surface area (TPSA) is 111 Å². The van der Waals surface area contributed by atoms with Crippen LogP contribution in [0, 0.1) is 10.1 Å². The Labute approximate surface area is 201 Å². The highest BCUT2D eigenvalue weighted by Gasteiger charge is 2.15. The second-order valence-electron chi connectivity index (χ2n) is 6.88. The minimum Gasteiger partial charge on any atom is -0.459 e. The average molecular weight is 526 g/mol. The van der Waals surface area contributed by atoms with Crippen molar-refractivity contribution in [3.8, 4) is 22.6 Å². The molecule has 0 bridgehead atoms. The van der Waals surface area contributed by atoms with E-state index >= 15 is 0 Å². The molecular weight excluding hydrogens is 510 g/mol. The van der Waals surface area contributed by atoms with Gasteiger partial charge in [-0.05, 0) is 48.6 Å². The van der Waals surface area contributed by atoms with Crippen LogP contribution in [0.4, 0.5) is 5.69 Å². The molecule has 2 heterocycles. The van der Waals surface area contributed by atoms with E-state index in [0.29, 0.717) is 17.1 Å². The summed E-state index contributed by atoms with van der Waals surface area (Å²) in [5.74, 6) is 1.18. The maximum atomic E-state index is 12.4. The average Bonchev–Trinajstić information content (AvgIpc) is 3.49. The molecular formula is C23H16BrN3O5S. The normalized spacial score (nSPS) is 10.6. The third-order valence-electron chi connectivity index (χ3n) is 4.61. The number of nitro benzene ring substituents is 1.